The molecule has 0 aliphatic rings. The molecule has 6 nitrogen and oxygen atoms in total. The quantitative estimate of drug-likeness (QED) is 0.897. The minimum Gasteiger partial charge on any atom is -0.495 e. The highest BCUT2D eigenvalue weighted by atomic mass is 19.4. The Morgan fingerprint density at radius 2 is 2.04 bits per heavy atom. The minimum absolute atomic E-state index is 0.0110. The van der Waals surface area contributed by atoms with Crippen molar-refractivity contribution in [1.82, 2.24) is 9.97 Å². The van der Waals surface area contributed by atoms with Crippen molar-refractivity contribution in [3.8, 4) is 5.75 Å². The lowest BCUT2D eigenvalue weighted by Gasteiger charge is -2.13. The first-order valence-electron chi connectivity index (χ1n) is 6.31. The van der Waals surface area contributed by atoms with Crippen LogP contribution in [0.5, 0.6) is 5.75 Å². The van der Waals surface area contributed by atoms with Gasteiger partial charge in [-0.05, 0) is 25.1 Å². The molecule has 1 aromatic carbocycles. The Labute approximate surface area is 129 Å². The van der Waals surface area contributed by atoms with Gasteiger partial charge < -0.3 is 15.2 Å². The maximum absolute atomic E-state index is 12.7. The van der Waals surface area contributed by atoms with Crippen LogP contribution < -0.4 is 10.1 Å². The fourth-order valence-corrected chi connectivity index (χ4v) is 1.85. The number of aromatic carboxylic acids is 1. The average Bonchev–Trinajstić information content (AvgIpc) is 2.46. The largest absolute Gasteiger partial charge is 0.495 e. The highest BCUT2D eigenvalue weighted by molar-refractivity contribution is 5.89. The summed E-state index contributed by atoms with van der Waals surface area (Å²) < 4.78 is 43.1. The molecule has 1 aromatic heterocycles. The van der Waals surface area contributed by atoms with Gasteiger partial charge in [0.05, 0.1) is 29.6 Å². The molecule has 2 rings (SSSR count). The zero-order valence-corrected chi connectivity index (χ0v) is 12.1. The molecule has 0 radical (unpaired) electrons. The number of ether oxygens (including phenoxy) is 1. The number of nitrogens with zero attached hydrogens (tertiary/aromatic N) is 2. The number of aryl methyl sites for hydroxylation is 1. The van der Waals surface area contributed by atoms with Crippen LogP contribution in [0.3, 0.4) is 0 Å². The van der Waals surface area contributed by atoms with Gasteiger partial charge in [-0.3, -0.25) is 0 Å². The summed E-state index contributed by atoms with van der Waals surface area (Å²) in [5.74, 6) is -0.987. The molecule has 0 amide bonds. The monoisotopic (exact) mass is 327 g/mol. The van der Waals surface area contributed by atoms with Gasteiger partial charge in [0, 0.05) is 6.20 Å². The molecule has 0 fully saturated rings. The van der Waals surface area contributed by atoms with Gasteiger partial charge in [0.1, 0.15) is 5.75 Å². The van der Waals surface area contributed by atoms with Gasteiger partial charge in [-0.2, -0.15) is 13.2 Å². The second kappa shape index (κ2) is 6.11. The van der Waals surface area contributed by atoms with Crippen molar-refractivity contribution in [3.63, 3.8) is 0 Å². The van der Waals surface area contributed by atoms with Gasteiger partial charge in [-0.1, -0.05) is 0 Å². The minimum atomic E-state index is -4.52. The Morgan fingerprint density at radius 1 is 1.35 bits per heavy atom. The molecular formula is C14H12F3N3O3. The lowest BCUT2D eigenvalue weighted by atomic mass is 10.2. The van der Waals surface area contributed by atoms with Gasteiger partial charge >= 0.3 is 12.1 Å². The number of carbonyl (C=O) groups is 1. The van der Waals surface area contributed by atoms with Crippen molar-refractivity contribution < 1.29 is 27.8 Å². The molecule has 0 unspecified atom stereocenters. The zero-order chi connectivity index (χ0) is 17.2. The topological polar surface area (TPSA) is 84.3 Å². The number of nitrogens with one attached hydrogen (secondary N) is 1. The maximum Gasteiger partial charge on any atom is 0.419 e. The Kier molecular flexibility index (Phi) is 4.39. The number of aromatic nitrogens is 2. The van der Waals surface area contributed by atoms with Crippen LogP contribution in [-0.4, -0.2) is 28.2 Å². The van der Waals surface area contributed by atoms with E-state index in [2.05, 4.69) is 15.3 Å². The van der Waals surface area contributed by atoms with E-state index in [1.54, 1.807) is 0 Å². The van der Waals surface area contributed by atoms with Crippen molar-refractivity contribution in [3.05, 3.63) is 41.2 Å². The third-order valence-corrected chi connectivity index (χ3v) is 2.98. The summed E-state index contributed by atoms with van der Waals surface area (Å²) in [6.07, 6.45) is -3.84. The summed E-state index contributed by atoms with van der Waals surface area (Å²) in [4.78, 5) is 18.3. The molecular weight excluding hydrogens is 315 g/mol. The molecule has 9 heteroatoms. The first kappa shape index (κ1) is 16.5. The first-order valence-corrected chi connectivity index (χ1v) is 6.31. The van der Waals surface area contributed by atoms with E-state index < -0.39 is 17.7 Å². The van der Waals surface area contributed by atoms with Crippen molar-refractivity contribution in [1.29, 1.82) is 0 Å². The van der Waals surface area contributed by atoms with Crippen molar-refractivity contribution in [2.45, 2.75) is 13.1 Å². The van der Waals surface area contributed by atoms with Gasteiger partial charge in [0.2, 0.25) is 5.95 Å². The molecule has 0 atom stereocenters. The lowest BCUT2D eigenvalue weighted by Crippen LogP contribution is -2.11. The second-order valence-electron chi connectivity index (χ2n) is 4.54. The Hall–Kier alpha value is -2.84. The summed E-state index contributed by atoms with van der Waals surface area (Å²) in [6.45, 7) is 1.22. The van der Waals surface area contributed by atoms with Gasteiger partial charge in [0.15, 0.2) is 0 Å². The molecule has 0 aliphatic carbocycles. The Balaban J connectivity index is 2.32. The maximum atomic E-state index is 12.7. The third-order valence-electron chi connectivity index (χ3n) is 2.98. The van der Waals surface area contributed by atoms with Crippen LogP contribution in [0.4, 0.5) is 24.8 Å². The number of hydrogen-bond acceptors (Lipinski definition) is 5. The molecule has 23 heavy (non-hydrogen) atoms. The summed E-state index contributed by atoms with van der Waals surface area (Å²) in [5.41, 5.74) is -0.805. The Bertz CT molecular complexity index is 748. The molecule has 0 saturated carbocycles. The van der Waals surface area contributed by atoms with E-state index in [-0.39, 0.29) is 23.0 Å². The number of rotatable bonds is 4. The molecule has 122 valence electrons. The number of benzene rings is 1. The standard InChI is InChI=1S/C14H12F3N3O3/c1-7-9(14(15,16)17)6-18-13(19-7)20-10-4-3-8(12(21)22)5-11(10)23-2/h3-6H,1-2H3,(H,21,22)(H,18,19,20). The molecule has 0 saturated heterocycles. The number of carboxylic acid groups (broad SMARTS) is 1. The fraction of sp³-hybridized carbons (Fsp3) is 0.214. The highest BCUT2D eigenvalue weighted by Gasteiger charge is 2.33. The van der Waals surface area contributed by atoms with Crippen LogP contribution in [0.15, 0.2) is 24.4 Å². The first-order chi connectivity index (χ1) is 10.7. The van der Waals surface area contributed by atoms with Gasteiger partial charge in [-0.25, -0.2) is 14.8 Å². The Morgan fingerprint density at radius 3 is 2.57 bits per heavy atom. The van der Waals surface area contributed by atoms with Crippen LogP contribution >= 0.6 is 0 Å². The predicted molar refractivity (Wildman–Crippen MR) is 75.0 cm³/mol. The number of anilines is 2. The zero-order valence-electron chi connectivity index (χ0n) is 12.1. The molecule has 0 aliphatic heterocycles. The van der Waals surface area contributed by atoms with Crippen LogP contribution in [-0.2, 0) is 6.18 Å². The number of halogens is 3. The number of carboxylic acids is 1. The van der Waals surface area contributed by atoms with Crippen molar-refractivity contribution in [2.75, 3.05) is 12.4 Å². The third kappa shape index (κ3) is 3.68. The van der Waals surface area contributed by atoms with E-state index in [1.807, 2.05) is 0 Å². The van der Waals surface area contributed by atoms with Crippen molar-refractivity contribution in [2.24, 2.45) is 0 Å². The van der Waals surface area contributed by atoms with Crippen LogP contribution in [0, 0.1) is 6.92 Å². The summed E-state index contributed by atoms with van der Waals surface area (Å²) >= 11 is 0. The molecule has 1 heterocycles. The average molecular weight is 327 g/mol. The van der Waals surface area contributed by atoms with E-state index in [1.165, 1.54) is 32.2 Å². The van der Waals surface area contributed by atoms with Crippen LogP contribution in [0.25, 0.3) is 0 Å². The summed E-state index contributed by atoms with van der Waals surface area (Å²) in [5, 5.41) is 11.6. The van der Waals surface area contributed by atoms with Gasteiger partial charge in [-0.15, -0.1) is 0 Å². The van der Waals surface area contributed by atoms with E-state index in [4.69, 9.17) is 9.84 Å². The predicted octanol–water partition coefficient (Wildman–Crippen LogP) is 3.25. The normalized spacial score (nSPS) is 11.2. The van der Waals surface area contributed by atoms with E-state index in [9.17, 15) is 18.0 Å². The van der Waals surface area contributed by atoms with Crippen molar-refractivity contribution >= 4 is 17.6 Å². The van der Waals surface area contributed by atoms with Gasteiger partial charge in [0.25, 0.3) is 0 Å². The SMILES string of the molecule is COc1cc(C(=O)O)ccc1Nc1ncc(C(F)(F)F)c(C)n1. The summed E-state index contributed by atoms with van der Waals surface area (Å²) in [7, 11) is 1.34. The van der Waals surface area contributed by atoms with Crippen LogP contribution in [0.1, 0.15) is 21.6 Å². The highest BCUT2D eigenvalue weighted by Crippen LogP contribution is 2.32. The number of methoxy groups -OCH3 is 1. The number of hydrogen-bond donors (Lipinski definition) is 2. The van der Waals surface area contributed by atoms with E-state index in [0.717, 1.165) is 0 Å². The lowest BCUT2D eigenvalue weighted by molar-refractivity contribution is -0.138. The second-order valence-corrected chi connectivity index (χ2v) is 4.54. The van der Waals surface area contributed by atoms with Crippen LogP contribution in [0.2, 0.25) is 0 Å². The molecule has 2 N–H and O–H groups in total. The molecule has 0 bridgehead atoms. The van der Waals surface area contributed by atoms with E-state index in [0.29, 0.717) is 11.9 Å². The summed E-state index contributed by atoms with van der Waals surface area (Å²) in [6, 6.07) is 4.02. The smallest absolute Gasteiger partial charge is 0.419 e. The molecule has 2 aromatic rings. The molecule has 0 spiro atoms. The van der Waals surface area contributed by atoms with E-state index >= 15 is 0 Å². The number of alkyl halides is 3. The fourth-order valence-electron chi connectivity index (χ4n) is 1.85.